The van der Waals surface area contributed by atoms with Crippen molar-refractivity contribution >= 4 is 34.5 Å². The lowest BCUT2D eigenvalue weighted by molar-refractivity contribution is -0.141. The van der Waals surface area contributed by atoms with Gasteiger partial charge < -0.3 is 10.4 Å². The van der Waals surface area contributed by atoms with Gasteiger partial charge in [0.2, 0.25) is 5.91 Å². The molecule has 0 unspecified atom stereocenters. The molecule has 0 aliphatic heterocycles. The van der Waals surface area contributed by atoms with Gasteiger partial charge in [0.25, 0.3) is 0 Å². The Labute approximate surface area is 151 Å². The van der Waals surface area contributed by atoms with Crippen molar-refractivity contribution in [2.24, 2.45) is 0 Å². The van der Waals surface area contributed by atoms with Crippen LogP contribution in [0, 0.1) is 15.2 Å². The molecule has 1 atom stereocenters. The Hall–Kier alpha value is -2.03. The molecule has 2 aromatic carbocycles. The zero-order valence-electron chi connectivity index (χ0n) is 12.4. The third kappa shape index (κ3) is 5.55. The maximum atomic E-state index is 13.1. The Morgan fingerprint density at radius 1 is 1.04 bits per heavy atom. The van der Waals surface area contributed by atoms with Crippen LogP contribution in [0.3, 0.4) is 0 Å². The molecule has 1 amide bonds. The van der Waals surface area contributed by atoms with Crippen LogP contribution >= 0.6 is 22.6 Å². The average Bonchev–Trinajstić information content (AvgIpc) is 2.47. The van der Waals surface area contributed by atoms with Crippen molar-refractivity contribution in [3.05, 3.63) is 68.8 Å². The third-order valence-electron chi connectivity index (χ3n) is 3.27. The highest BCUT2D eigenvalue weighted by atomic mass is 127. The monoisotopic (exact) mass is 445 g/mol. The van der Waals surface area contributed by atoms with Gasteiger partial charge in [-0.15, -0.1) is 0 Å². The number of hydrogen-bond acceptors (Lipinski definition) is 2. The second-order valence-electron chi connectivity index (χ2n) is 5.24. The SMILES string of the molecule is O=C(Cc1cc(F)cc(F)c1)N[C@H](Cc1ccc(I)cc1)C(=O)O. The maximum absolute atomic E-state index is 13.1. The van der Waals surface area contributed by atoms with E-state index in [0.29, 0.717) is 6.07 Å². The Morgan fingerprint density at radius 2 is 1.62 bits per heavy atom. The summed E-state index contributed by atoms with van der Waals surface area (Å²) in [4.78, 5) is 23.3. The molecular formula is C17H14F2INO3. The number of hydrogen-bond donors (Lipinski definition) is 2. The lowest BCUT2D eigenvalue weighted by Gasteiger charge is -2.15. The van der Waals surface area contributed by atoms with Crippen LogP contribution in [-0.4, -0.2) is 23.0 Å². The van der Waals surface area contributed by atoms with Crippen LogP contribution in [0.25, 0.3) is 0 Å². The zero-order chi connectivity index (χ0) is 17.7. The fraction of sp³-hybridized carbons (Fsp3) is 0.176. The first-order chi connectivity index (χ1) is 11.3. The fourth-order valence-corrected chi connectivity index (χ4v) is 2.56. The lowest BCUT2D eigenvalue weighted by atomic mass is 10.1. The summed E-state index contributed by atoms with van der Waals surface area (Å²) in [5, 5.41) is 11.6. The first-order valence-corrected chi connectivity index (χ1v) is 8.13. The van der Waals surface area contributed by atoms with Crippen LogP contribution in [0.15, 0.2) is 42.5 Å². The first-order valence-electron chi connectivity index (χ1n) is 7.05. The van der Waals surface area contributed by atoms with Crippen molar-refractivity contribution in [2.75, 3.05) is 0 Å². The van der Waals surface area contributed by atoms with E-state index in [1.54, 1.807) is 12.1 Å². The minimum Gasteiger partial charge on any atom is -0.480 e. The Bertz CT molecular complexity index is 730. The lowest BCUT2D eigenvalue weighted by Crippen LogP contribution is -2.43. The molecule has 0 saturated carbocycles. The molecule has 2 rings (SSSR count). The van der Waals surface area contributed by atoms with E-state index in [1.807, 2.05) is 12.1 Å². The fourth-order valence-electron chi connectivity index (χ4n) is 2.20. The molecule has 2 aromatic rings. The molecule has 126 valence electrons. The summed E-state index contributed by atoms with van der Waals surface area (Å²) in [6.45, 7) is 0. The number of carboxylic acids is 1. The summed E-state index contributed by atoms with van der Waals surface area (Å²) in [6, 6.07) is 8.92. The number of rotatable bonds is 6. The van der Waals surface area contributed by atoms with Crippen molar-refractivity contribution in [1.29, 1.82) is 0 Å². The second kappa shape index (κ2) is 8.18. The summed E-state index contributed by atoms with van der Waals surface area (Å²) in [5.74, 6) is -3.36. The van der Waals surface area contributed by atoms with Gasteiger partial charge in [-0.25, -0.2) is 13.6 Å². The van der Waals surface area contributed by atoms with Crippen molar-refractivity contribution in [3.8, 4) is 0 Å². The molecule has 0 radical (unpaired) electrons. The molecule has 0 aliphatic rings. The Morgan fingerprint density at radius 3 is 2.17 bits per heavy atom. The van der Waals surface area contributed by atoms with Crippen LogP contribution < -0.4 is 5.32 Å². The van der Waals surface area contributed by atoms with Crippen LogP contribution in [0.1, 0.15) is 11.1 Å². The molecule has 2 N–H and O–H groups in total. The smallest absolute Gasteiger partial charge is 0.326 e. The highest BCUT2D eigenvalue weighted by Crippen LogP contribution is 2.11. The predicted molar refractivity (Wildman–Crippen MR) is 92.5 cm³/mol. The van der Waals surface area contributed by atoms with Gasteiger partial charge >= 0.3 is 5.97 Å². The molecule has 0 aliphatic carbocycles. The largest absolute Gasteiger partial charge is 0.480 e. The molecule has 4 nitrogen and oxygen atoms in total. The number of benzene rings is 2. The van der Waals surface area contributed by atoms with E-state index in [-0.39, 0.29) is 18.4 Å². The highest BCUT2D eigenvalue weighted by Gasteiger charge is 2.20. The van der Waals surface area contributed by atoms with Gasteiger partial charge in [0.05, 0.1) is 6.42 Å². The number of amides is 1. The Kier molecular flexibility index (Phi) is 6.24. The number of nitrogens with one attached hydrogen (secondary N) is 1. The summed E-state index contributed by atoms with van der Waals surface area (Å²) < 4.78 is 27.3. The van der Waals surface area contributed by atoms with E-state index in [1.165, 1.54) is 0 Å². The van der Waals surface area contributed by atoms with Crippen molar-refractivity contribution < 1.29 is 23.5 Å². The normalized spacial score (nSPS) is 11.8. The zero-order valence-corrected chi connectivity index (χ0v) is 14.6. The van der Waals surface area contributed by atoms with Gasteiger partial charge in [-0.05, 0) is 58.0 Å². The van der Waals surface area contributed by atoms with Crippen molar-refractivity contribution in [2.45, 2.75) is 18.9 Å². The topological polar surface area (TPSA) is 66.4 Å². The molecule has 0 spiro atoms. The van der Waals surface area contributed by atoms with Gasteiger partial charge in [-0.1, -0.05) is 12.1 Å². The highest BCUT2D eigenvalue weighted by molar-refractivity contribution is 14.1. The number of carboxylic acid groups (broad SMARTS) is 1. The van der Waals surface area contributed by atoms with E-state index in [0.717, 1.165) is 21.3 Å². The average molecular weight is 445 g/mol. The molecule has 0 saturated heterocycles. The molecule has 0 bridgehead atoms. The summed E-state index contributed by atoms with van der Waals surface area (Å²) in [7, 11) is 0. The maximum Gasteiger partial charge on any atom is 0.326 e. The van der Waals surface area contributed by atoms with Crippen LogP contribution in [0.2, 0.25) is 0 Å². The van der Waals surface area contributed by atoms with Gasteiger partial charge in [-0.3, -0.25) is 4.79 Å². The summed E-state index contributed by atoms with van der Waals surface area (Å²) in [6.07, 6.45) is -0.180. The van der Waals surface area contributed by atoms with Gasteiger partial charge in [0.15, 0.2) is 0 Å². The first kappa shape index (κ1) is 18.3. The molecule has 24 heavy (non-hydrogen) atoms. The van der Waals surface area contributed by atoms with Gasteiger partial charge in [-0.2, -0.15) is 0 Å². The number of carbonyl (C=O) groups is 2. The van der Waals surface area contributed by atoms with Crippen LogP contribution in [0.4, 0.5) is 8.78 Å². The van der Waals surface area contributed by atoms with Crippen LogP contribution in [-0.2, 0) is 22.4 Å². The molecule has 0 heterocycles. The van der Waals surface area contributed by atoms with E-state index >= 15 is 0 Å². The molecular weight excluding hydrogens is 431 g/mol. The van der Waals surface area contributed by atoms with Crippen molar-refractivity contribution in [3.63, 3.8) is 0 Å². The minimum atomic E-state index is -1.17. The van der Waals surface area contributed by atoms with E-state index < -0.39 is 29.6 Å². The van der Waals surface area contributed by atoms with E-state index in [2.05, 4.69) is 27.9 Å². The molecule has 7 heteroatoms. The minimum absolute atomic E-state index is 0.121. The van der Waals surface area contributed by atoms with Crippen LogP contribution in [0.5, 0.6) is 0 Å². The summed E-state index contributed by atoms with van der Waals surface area (Å²) in [5.41, 5.74) is 0.906. The van der Waals surface area contributed by atoms with Crippen molar-refractivity contribution in [1.82, 2.24) is 5.32 Å². The Balaban J connectivity index is 2.02. The van der Waals surface area contributed by atoms with E-state index in [9.17, 15) is 23.5 Å². The molecule has 0 aromatic heterocycles. The summed E-state index contributed by atoms with van der Waals surface area (Å²) >= 11 is 2.13. The number of halogens is 3. The molecule has 0 fully saturated rings. The van der Waals surface area contributed by atoms with E-state index in [4.69, 9.17) is 0 Å². The quantitative estimate of drug-likeness (QED) is 0.673. The predicted octanol–water partition coefficient (Wildman–Crippen LogP) is 2.92. The third-order valence-corrected chi connectivity index (χ3v) is 3.99. The van der Waals surface area contributed by atoms with Gasteiger partial charge in [0.1, 0.15) is 17.7 Å². The standard InChI is InChI=1S/C17H14F2INO3/c18-12-5-11(6-13(19)9-12)8-16(22)21-15(17(23)24)7-10-1-3-14(20)4-2-10/h1-6,9,15H,7-8H2,(H,21,22)(H,23,24)/t15-/m1/s1. The van der Waals surface area contributed by atoms with Gasteiger partial charge in [0, 0.05) is 16.1 Å². The second-order valence-corrected chi connectivity index (χ2v) is 6.49. The number of carbonyl (C=O) groups excluding carboxylic acids is 1. The number of aliphatic carboxylic acids is 1.